The van der Waals surface area contributed by atoms with E-state index in [9.17, 15) is 4.79 Å². The van der Waals surface area contributed by atoms with E-state index in [2.05, 4.69) is 26.1 Å². The van der Waals surface area contributed by atoms with Gasteiger partial charge in [-0.1, -0.05) is 33.6 Å². The summed E-state index contributed by atoms with van der Waals surface area (Å²) >= 11 is 0. The van der Waals surface area contributed by atoms with Crippen LogP contribution in [-0.4, -0.2) is 11.9 Å². The van der Waals surface area contributed by atoms with Crippen molar-refractivity contribution in [2.75, 3.05) is 0 Å². The number of rotatable bonds is 2. The fourth-order valence-electron chi connectivity index (χ4n) is 2.99. The van der Waals surface area contributed by atoms with E-state index in [4.69, 9.17) is 4.42 Å². The van der Waals surface area contributed by atoms with Crippen LogP contribution in [0, 0.1) is 11.3 Å². The minimum Gasteiger partial charge on any atom is -0.459 e. The van der Waals surface area contributed by atoms with Gasteiger partial charge >= 0.3 is 0 Å². The number of amides is 1. The predicted octanol–water partition coefficient (Wildman–Crippen LogP) is 3.61. The highest BCUT2D eigenvalue weighted by Gasteiger charge is 2.35. The summed E-state index contributed by atoms with van der Waals surface area (Å²) in [5.41, 5.74) is 0.238. The van der Waals surface area contributed by atoms with Crippen molar-refractivity contribution in [3.8, 4) is 0 Å². The van der Waals surface area contributed by atoms with Crippen LogP contribution in [0.3, 0.4) is 0 Å². The van der Waals surface area contributed by atoms with Crippen LogP contribution >= 0.6 is 0 Å². The van der Waals surface area contributed by atoms with E-state index in [1.54, 1.807) is 12.1 Å². The molecule has 1 aromatic heterocycles. The summed E-state index contributed by atoms with van der Waals surface area (Å²) in [5.74, 6) is 0.875. The topological polar surface area (TPSA) is 42.2 Å². The third kappa shape index (κ3) is 2.95. The van der Waals surface area contributed by atoms with Gasteiger partial charge in [-0.05, 0) is 36.3 Å². The predicted molar refractivity (Wildman–Crippen MR) is 71.4 cm³/mol. The summed E-state index contributed by atoms with van der Waals surface area (Å²) in [5, 5.41) is 3.15. The summed E-state index contributed by atoms with van der Waals surface area (Å²) in [4.78, 5) is 12.0. The molecule has 1 saturated carbocycles. The number of nitrogens with one attached hydrogen (secondary N) is 1. The molecule has 18 heavy (non-hydrogen) atoms. The molecular weight excluding hydrogens is 226 g/mol. The molecule has 1 aromatic rings. The van der Waals surface area contributed by atoms with Gasteiger partial charge < -0.3 is 9.73 Å². The van der Waals surface area contributed by atoms with Gasteiger partial charge in [0.15, 0.2) is 5.76 Å². The molecule has 3 nitrogen and oxygen atoms in total. The summed E-state index contributed by atoms with van der Waals surface area (Å²) < 4.78 is 5.15. The SMILES string of the molecule is CC(C)(C)[C@H]1CCCC[C@@H]1NC(=O)c1ccco1. The van der Waals surface area contributed by atoms with Gasteiger partial charge in [-0.2, -0.15) is 0 Å². The Morgan fingerprint density at radius 3 is 2.67 bits per heavy atom. The summed E-state index contributed by atoms with van der Waals surface area (Å²) in [6.07, 6.45) is 6.29. The molecular formula is C15H23NO2. The van der Waals surface area contributed by atoms with Gasteiger partial charge in [0.2, 0.25) is 0 Å². The largest absolute Gasteiger partial charge is 0.459 e. The highest BCUT2D eigenvalue weighted by molar-refractivity contribution is 5.91. The van der Waals surface area contributed by atoms with Gasteiger partial charge in [0, 0.05) is 6.04 Å². The maximum Gasteiger partial charge on any atom is 0.287 e. The van der Waals surface area contributed by atoms with Gasteiger partial charge in [0.05, 0.1) is 6.26 Å². The van der Waals surface area contributed by atoms with Crippen molar-refractivity contribution in [2.45, 2.75) is 52.5 Å². The third-order valence-electron chi connectivity index (χ3n) is 3.94. The minimum atomic E-state index is -0.0823. The zero-order chi connectivity index (χ0) is 13.2. The van der Waals surface area contributed by atoms with Crippen molar-refractivity contribution in [1.82, 2.24) is 5.32 Å². The monoisotopic (exact) mass is 249 g/mol. The van der Waals surface area contributed by atoms with Gasteiger partial charge in [-0.15, -0.1) is 0 Å². The first-order chi connectivity index (χ1) is 8.48. The van der Waals surface area contributed by atoms with Crippen LogP contribution in [0.2, 0.25) is 0 Å². The Hall–Kier alpha value is -1.25. The van der Waals surface area contributed by atoms with Crippen LogP contribution < -0.4 is 5.32 Å². The maximum absolute atomic E-state index is 12.0. The molecule has 1 N–H and O–H groups in total. The summed E-state index contributed by atoms with van der Waals surface area (Å²) in [6, 6.07) is 3.73. The molecule has 0 saturated heterocycles. The number of carbonyl (C=O) groups excluding carboxylic acids is 1. The number of hydrogen-bond acceptors (Lipinski definition) is 2. The second kappa shape index (κ2) is 5.17. The molecule has 1 heterocycles. The molecule has 100 valence electrons. The van der Waals surface area contributed by atoms with Crippen LogP contribution in [0.15, 0.2) is 22.8 Å². The van der Waals surface area contributed by atoms with Crippen molar-refractivity contribution in [2.24, 2.45) is 11.3 Å². The maximum atomic E-state index is 12.0. The third-order valence-corrected chi connectivity index (χ3v) is 3.94. The Balaban J connectivity index is 2.04. The van der Waals surface area contributed by atoms with E-state index in [1.807, 2.05) is 0 Å². The average Bonchev–Trinajstić information content (AvgIpc) is 2.81. The van der Waals surface area contributed by atoms with Crippen molar-refractivity contribution < 1.29 is 9.21 Å². The number of carbonyl (C=O) groups is 1. The molecule has 0 spiro atoms. The lowest BCUT2D eigenvalue weighted by molar-refractivity contribution is 0.0804. The summed E-state index contributed by atoms with van der Waals surface area (Å²) in [7, 11) is 0. The molecule has 3 heteroatoms. The second-order valence-corrected chi connectivity index (χ2v) is 6.31. The Morgan fingerprint density at radius 2 is 2.06 bits per heavy atom. The second-order valence-electron chi connectivity index (χ2n) is 6.31. The molecule has 2 rings (SSSR count). The molecule has 0 unspecified atom stereocenters. The zero-order valence-corrected chi connectivity index (χ0v) is 11.5. The Bertz CT molecular complexity index is 389. The molecule has 0 aliphatic heterocycles. The smallest absolute Gasteiger partial charge is 0.287 e. The average molecular weight is 249 g/mol. The molecule has 2 atom stereocenters. The Kier molecular flexibility index (Phi) is 3.79. The first-order valence-corrected chi connectivity index (χ1v) is 6.83. The molecule has 0 aromatic carbocycles. The lowest BCUT2D eigenvalue weighted by atomic mass is 9.69. The Morgan fingerprint density at radius 1 is 1.33 bits per heavy atom. The lowest BCUT2D eigenvalue weighted by Crippen LogP contribution is -2.46. The molecule has 0 bridgehead atoms. The molecule has 0 radical (unpaired) electrons. The van der Waals surface area contributed by atoms with Crippen molar-refractivity contribution >= 4 is 5.91 Å². The van der Waals surface area contributed by atoms with Crippen LogP contribution in [-0.2, 0) is 0 Å². The number of furan rings is 1. The first-order valence-electron chi connectivity index (χ1n) is 6.83. The minimum absolute atomic E-state index is 0.0823. The van der Waals surface area contributed by atoms with Crippen LogP contribution in [0.1, 0.15) is 57.0 Å². The van der Waals surface area contributed by atoms with Crippen LogP contribution in [0.4, 0.5) is 0 Å². The van der Waals surface area contributed by atoms with E-state index >= 15 is 0 Å². The Labute approximate surface area is 109 Å². The van der Waals surface area contributed by atoms with Crippen molar-refractivity contribution in [1.29, 1.82) is 0 Å². The van der Waals surface area contributed by atoms with Gasteiger partial charge in [-0.25, -0.2) is 0 Å². The fourth-order valence-corrected chi connectivity index (χ4v) is 2.99. The lowest BCUT2D eigenvalue weighted by Gasteiger charge is -2.40. The van der Waals surface area contributed by atoms with E-state index in [-0.39, 0.29) is 17.4 Å². The van der Waals surface area contributed by atoms with Gasteiger partial charge in [0.25, 0.3) is 5.91 Å². The quantitative estimate of drug-likeness (QED) is 0.870. The van der Waals surface area contributed by atoms with E-state index < -0.39 is 0 Å². The molecule has 1 aliphatic carbocycles. The highest BCUT2D eigenvalue weighted by Crippen LogP contribution is 2.38. The van der Waals surface area contributed by atoms with Crippen molar-refractivity contribution in [3.63, 3.8) is 0 Å². The van der Waals surface area contributed by atoms with E-state index in [0.29, 0.717) is 11.7 Å². The van der Waals surface area contributed by atoms with E-state index in [0.717, 1.165) is 6.42 Å². The van der Waals surface area contributed by atoms with E-state index in [1.165, 1.54) is 25.5 Å². The van der Waals surface area contributed by atoms with Gasteiger partial charge in [-0.3, -0.25) is 4.79 Å². The van der Waals surface area contributed by atoms with Gasteiger partial charge in [0.1, 0.15) is 0 Å². The fraction of sp³-hybridized carbons (Fsp3) is 0.667. The molecule has 1 amide bonds. The number of hydrogen-bond donors (Lipinski definition) is 1. The highest BCUT2D eigenvalue weighted by atomic mass is 16.3. The zero-order valence-electron chi connectivity index (χ0n) is 11.5. The normalized spacial score (nSPS) is 24.8. The van der Waals surface area contributed by atoms with Crippen LogP contribution in [0.25, 0.3) is 0 Å². The standard InChI is InChI=1S/C15H23NO2/c1-15(2,3)11-7-4-5-8-12(11)16-14(17)13-9-6-10-18-13/h6,9-12H,4-5,7-8H2,1-3H3,(H,16,17)/t11-,12-/m0/s1. The van der Waals surface area contributed by atoms with Crippen molar-refractivity contribution in [3.05, 3.63) is 24.2 Å². The summed E-state index contributed by atoms with van der Waals surface area (Å²) in [6.45, 7) is 6.78. The first kappa shape index (κ1) is 13.2. The molecule has 1 aliphatic rings. The molecule has 1 fully saturated rings. The van der Waals surface area contributed by atoms with Crippen LogP contribution in [0.5, 0.6) is 0 Å².